The first-order valence-electron chi connectivity index (χ1n) is 9.90. The van der Waals surface area contributed by atoms with Crippen molar-refractivity contribution in [3.8, 4) is 11.3 Å². The minimum absolute atomic E-state index is 0.0890. The molecule has 5 rings (SSSR count). The first-order chi connectivity index (χ1) is 14.0. The molecule has 0 bridgehead atoms. The van der Waals surface area contributed by atoms with Crippen molar-refractivity contribution in [1.29, 1.82) is 0 Å². The molecule has 2 aliphatic heterocycles. The summed E-state index contributed by atoms with van der Waals surface area (Å²) in [6, 6.07) is 3.66. The van der Waals surface area contributed by atoms with E-state index in [1.165, 1.54) is 0 Å². The van der Waals surface area contributed by atoms with Gasteiger partial charge in [-0.05, 0) is 19.9 Å². The predicted octanol–water partition coefficient (Wildman–Crippen LogP) is 1.73. The molecule has 3 aromatic heterocycles. The maximum Gasteiger partial charge on any atom is 0.274 e. The number of piperidine rings is 1. The number of carbonyl (C=O) groups excluding carboxylic acids is 1. The van der Waals surface area contributed by atoms with Crippen molar-refractivity contribution in [2.24, 2.45) is 7.05 Å². The summed E-state index contributed by atoms with van der Waals surface area (Å²) in [5.74, 6) is -0.589. The molecule has 29 heavy (non-hydrogen) atoms. The van der Waals surface area contributed by atoms with Crippen molar-refractivity contribution in [2.75, 3.05) is 26.3 Å². The van der Waals surface area contributed by atoms with Crippen LogP contribution < -0.4 is 0 Å². The lowest BCUT2D eigenvalue weighted by molar-refractivity contribution is -0.181. The second-order valence-electron chi connectivity index (χ2n) is 7.70. The summed E-state index contributed by atoms with van der Waals surface area (Å²) in [4.78, 5) is 19.3. The van der Waals surface area contributed by atoms with Crippen LogP contribution in [-0.2, 0) is 16.5 Å². The van der Waals surface area contributed by atoms with Crippen molar-refractivity contribution in [3.63, 3.8) is 0 Å². The number of nitrogens with zero attached hydrogens (tertiary/aromatic N) is 6. The molecule has 2 aliphatic rings. The number of hydrogen-bond acceptors (Lipinski definition) is 6. The lowest BCUT2D eigenvalue weighted by Crippen LogP contribution is -2.47. The van der Waals surface area contributed by atoms with E-state index in [1.807, 2.05) is 36.5 Å². The largest absolute Gasteiger partial charge is 0.347 e. The van der Waals surface area contributed by atoms with Crippen LogP contribution in [0.2, 0.25) is 0 Å². The molecule has 3 aromatic rings. The van der Waals surface area contributed by atoms with Crippen molar-refractivity contribution >= 4 is 11.6 Å². The standard InChI is InChI=1S/C20H24N6O3/c1-13-18(14(2)24(3)22-13)16-4-7-21-17-12-15(23-26(16)17)19(27)25-8-5-20(6-9-25)28-10-11-29-20/h4,7,12H,5-6,8-11H2,1-3H3. The first kappa shape index (κ1) is 18.3. The van der Waals surface area contributed by atoms with Crippen LogP contribution in [0.5, 0.6) is 0 Å². The highest BCUT2D eigenvalue weighted by Crippen LogP contribution is 2.32. The van der Waals surface area contributed by atoms with E-state index in [-0.39, 0.29) is 5.91 Å². The van der Waals surface area contributed by atoms with Crippen molar-refractivity contribution in [1.82, 2.24) is 29.3 Å². The van der Waals surface area contributed by atoms with Gasteiger partial charge in [0.2, 0.25) is 0 Å². The van der Waals surface area contributed by atoms with Gasteiger partial charge in [0.05, 0.1) is 24.6 Å². The Hall–Kier alpha value is -2.78. The molecule has 0 radical (unpaired) electrons. The Kier molecular flexibility index (Phi) is 4.18. The fourth-order valence-corrected chi connectivity index (χ4v) is 4.33. The van der Waals surface area contributed by atoms with E-state index in [4.69, 9.17) is 9.47 Å². The fraction of sp³-hybridized carbons (Fsp3) is 0.500. The van der Waals surface area contributed by atoms with Crippen LogP contribution in [0.25, 0.3) is 16.9 Å². The predicted molar refractivity (Wildman–Crippen MR) is 104 cm³/mol. The average Bonchev–Trinajstić information content (AvgIpc) is 3.41. The molecule has 0 aromatic carbocycles. The van der Waals surface area contributed by atoms with Crippen molar-refractivity contribution in [3.05, 3.63) is 35.4 Å². The lowest BCUT2D eigenvalue weighted by atomic mass is 10.0. The second-order valence-corrected chi connectivity index (χ2v) is 7.70. The Balaban J connectivity index is 1.45. The Labute approximate surface area is 168 Å². The summed E-state index contributed by atoms with van der Waals surface area (Å²) < 4.78 is 15.1. The third-order valence-electron chi connectivity index (χ3n) is 5.97. The molecule has 9 heteroatoms. The van der Waals surface area contributed by atoms with Gasteiger partial charge < -0.3 is 14.4 Å². The molecule has 1 amide bonds. The van der Waals surface area contributed by atoms with Gasteiger partial charge in [0.15, 0.2) is 17.1 Å². The summed E-state index contributed by atoms with van der Waals surface area (Å²) >= 11 is 0. The van der Waals surface area contributed by atoms with E-state index >= 15 is 0 Å². The van der Waals surface area contributed by atoms with E-state index in [0.717, 1.165) is 22.6 Å². The zero-order valence-electron chi connectivity index (χ0n) is 16.9. The second kappa shape index (κ2) is 6.64. The summed E-state index contributed by atoms with van der Waals surface area (Å²) in [5, 5.41) is 9.11. The Morgan fingerprint density at radius 3 is 2.52 bits per heavy atom. The van der Waals surface area contributed by atoms with Gasteiger partial charge in [0.25, 0.3) is 5.91 Å². The van der Waals surface area contributed by atoms with Gasteiger partial charge in [-0.3, -0.25) is 9.48 Å². The van der Waals surface area contributed by atoms with Gasteiger partial charge in [-0.15, -0.1) is 0 Å². The van der Waals surface area contributed by atoms with Crippen LogP contribution in [0, 0.1) is 13.8 Å². The topological polar surface area (TPSA) is 86.8 Å². The number of rotatable bonds is 2. The van der Waals surface area contributed by atoms with Gasteiger partial charge in [0.1, 0.15) is 0 Å². The number of hydrogen-bond donors (Lipinski definition) is 0. The Morgan fingerprint density at radius 2 is 1.86 bits per heavy atom. The van der Waals surface area contributed by atoms with Crippen LogP contribution in [0.15, 0.2) is 18.3 Å². The molecular weight excluding hydrogens is 372 g/mol. The van der Waals surface area contributed by atoms with E-state index in [9.17, 15) is 4.79 Å². The van der Waals surface area contributed by atoms with Crippen molar-refractivity contribution in [2.45, 2.75) is 32.5 Å². The normalized spacial score (nSPS) is 18.8. The Morgan fingerprint density at radius 1 is 1.14 bits per heavy atom. The molecule has 152 valence electrons. The number of likely N-dealkylation sites (tertiary alicyclic amines) is 1. The summed E-state index contributed by atoms with van der Waals surface area (Å²) in [7, 11) is 1.92. The van der Waals surface area contributed by atoms with Gasteiger partial charge in [-0.1, -0.05) is 0 Å². The molecular formula is C20H24N6O3. The maximum atomic E-state index is 13.1. The van der Waals surface area contributed by atoms with Gasteiger partial charge >= 0.3 is 0 Å². The van der Waals surface area contributed by atoms with Crippen LogP contribution in [-0.4, -0.2) is 67.3 Å². The van der Waals surface area contributed by atoms with E-state index < -0.39 is 5.79 Å². The zero-order chi connectivity index (χ0) is 20.2. The third kappa shape index (κ3) is 2.92. The molecule has 0 N–H and O–H groups in total. The smallest absolute Gasteiger partial charge is 0.274 e. The lowest BCUT2D eigenvalue weighted by Gasteiger charge is -2.37. The van der Waals surface area contributed by atoms with Gasteiger partial charge in [-0.2, -0.15) is 10.2 Å². The highest BCUT2D eigenvalue weighted by atomic mass is 16.7. The van der Waals surface area contributed by atoms with E-state index in [1.54, 1.807) is 16.8 Å². The van der Waals surface area contributed by atoms with Gasteiger partial charge in [-0.25, -0.2) is 9.50 Å². The zero-order valence-corrected chi connectivity index (χ0v) is 16.9. The minimum atomic E-state index is -0.500. The number of carbonyl (C=O) groups is 1. The highest BCUT2D eigenvalue weighted by molar-refractivity contribution is 5.93. The number of fused-ring (bicyclic) bond motifs is 1. The third-order valence-corrected chi connectivity index (χ3v) is 5.97. The summed E-state index contributed by atoms with van der Waals surface area (Å²) in [6.45, 7) is 6.43. The molecule has 0 aliphatic carbocycles. The molecule has 2 fully saturated rings. The monoisotopic (exact) mass is 396 g/mol. The molecule has 1 spiro atoms. The molecule has 0 atom stereocenters. The minimum Gasteiger partial charge on any atom is -0.347 e. The average molecular weight is 396 g/mol. The fourth-order valence-electron chi connectivity index (χ4n) is 4.33. The van der Waals surface area contributed by atoms with E-state index in [2.05, 4.69) is 15.2 Å². The maximum absolute atomic E-state index is 13.1. The Bertz CT molecular complexity index is 1090. The van der Waals surface area contributed by atoms with Crippen molar-refractivity contribution < 1.29 is 14.3 Å². The number of aryl methyl sites for hydroxylation is 2. The van der Waals surface area contributed by atoms with Crippen LogP contribution in [0.3, 0.4) is 0 Å². The SMILES string of the molecule is Cc1nn(C)c(C)c1-c1ccnc2cc(C(=O)N3CCC4(CC3)OCCO4)nn12. The molecule has 0 unspecified atom stereocenters. The number of aromatic nitrogens is 5. The molecule has 0 saturated carbocycles. The number of ether oxygens (including phenoxy) is 2. The van der Waals surface area contributed by atoms with Crippen LogP contribution in [0.4, 0.5) is 0 Å². The quantitative estimate of drug-likeness (QED) is 0.656. The highest BCUT2D eigenvalue weighted by Gasteiger charge is 2.41. The summed E-state index contributed by atoms with van der Waals surface area (Å²) in [5.41, 5.74) is 4.88. The van der Waals surface area contributed by atoms with E-state index in [0.29, 0.717) is 50.5 Å². The van der Waals surface area contributed by atoms with Crippen LogP contribution in [0.1, 0.15) is 34.7 Å². The number of amides is 1. The van der Waals surface area contributed by atoms with Gasteiger partial charge in [0, 0.05) is 56.5 Å². The first-order valence-corrected chi connectivity index (χ1v) is 9.90. The molecule has 2 saturated heterocycles. The summed E-state index contributed by atoms with van der Waals surface area (Å²) in [6.07, 6.45) is 3.11. The van der Waals surface area contributed by atoms with Crippen LogP contribution >= 0.6 is 0 Å². The molecule has 5 heterocycles. The molecule has 9 nitrogen and oxygen atoms in total.